The summed E-state index contributed by atoms with van der Waals surface area (Å²) in [5.74, 6) is -1.34. The number of nitrogens with two attached hydrogens (primary N) is 1. The fraction of sp³-hybridized carbons (Fsp3) is 0.0909. The smallest absolute Gasteiger partial charge is 0.335 e. The van der Waals surface area contributed by atoms with Gasteiger partial charge in [-0.1, -0.05) is 0 Å². The number of anilines is 1. The van der Waals surface area contributed by atoms with E-state index < -0.39 is 11.8 Å². The zero-order valence-corrected chi connectivity index (χ0v) is 9.01. The van der Waals surface area contributed by atoms with Crippen molar-refractivity contribution in [3.8, 4) is 5.69 Å². The van der Waals surface area contributed by atoms with E-state index in [1.165, 1.54) is 16.8 Å². The third-order valence-corrected chi connectivity index (χ3v) is 2.41. The molecule has 0 bridgehead atoms. The number of aryl methyl sites for hydroxylation is 1. The second kappa shape index (κ2) is 3.89. The lowest BCUT2D eigenvalue weighted by molar-refractivity contribution is 0.0696. The quantitative estimate of drug-likeness (QED) is 0.774. The van der Waals surface area contributed by atoms with Crippen molar-refractivity contribution in [1.29, 1.82) is 0 Å². The van der Waals surface area contributed by atoms with E-state index >= 15 is 0 Å². The van der Waals surface area contributed by atoms with Crippen molar-refractivity contribution in [2.75, 3.05) is 5.73 Å². The van der Waals surface area contributed by atoms with E-state index in [9.17, 15) is 9.18 Å². The molecule has 17 heavy (non-hydrogen) atoms. The molecule has 1 heterocycles. The van der Waals surface area contributed by atoms with Crippen LogP contribution in [0.1, 0.15) is 16.2 Å². The molecule has 0 aliphatic carbocycles. The summed E-state index contributed by atoms with van der Waals surface area (Å²) in [5.41, 5.74) is 5.66. The van der Waals surface area contributed by atoms with Gasteiger partial charge in [0.05, 0.1) is 11.3 Å². The van der Waals surface area contributed by atoms with Gasteiger partial charge in [-0.05, 0) is 19.1 Å². The molecular weight excluding hydrogens is 225 g/mol. The molecule has 2 aromatic rings. The predicted molar refractivity (Wildman–Crippen MR) is 59.6 cm³/mol. The highest BCUT2D eigenvalue weighted by Gasteiger charge is 2.15. The Kier molecular flexibility index (Phi) is 2.55. The number of hydrogen-bond acceptors (Lipinski definition) is 3. The van der Waals surface area contributed by atoms with Crippen molar-refractivity contribution in [2.45, 2.75) is 6.92 Å². The van der Waals surface area contributed by atoms with Crippen molar-refractivity contribution in [2.24, 2.45) is 0 Å². The van der Waals surface area contributed by atoms with E-state index in [0.29, 0.717) is 5.82 Å². The summed E-state index contributed by atoms with van der Waals surface area (Å²) in [6.45, 7) is 1.70. The van der Waals surface area contributed by atoms with E-state index in [2.05, 4.69) is 4.98 Å². The van der Waals surface area contributed by atoms with Crippen LogP contribution in [-0.2, 0) is 0 Å². The number of rotatable bonds is 2. The number of carboxylic acids is 1. The SMILES string of the molecule is Cc1nccn1-c1c(N)cc(C(=O)O)cc1F. The van der Waals surface area contributed by atoms with Crippen LogP contribution in [0, 0.1) is 12.7 Å². The molecule has 2 rings (SSSR count). The van der Waals surface area contributed by atoms with E-state index in [-0.39, 0.29) is 16.9 Å². The molecule has 5 nitrogen and oxygen atoms in total. The van der Waals surface area contributed by atoms with Crippen molar-refractivity contribution in [1.82, 2.24) is 9.55 Å². The summed E-state index contributed by atoms with van der Waals surface area (Å²) in [6, 6.07) is 2.16. The molecule has 3 N–H and O–H groups in total. The molecule has 0 amide bonds. The number of imidazole rings is 1. The Morgan fingerprint density at radius 2 is 2.24 bits per heavy atom. The van der Waals surface area contributed by atoms with Gasteiger partial charge < -0.3 is 10.8 Å². The number of hydrogen-bond donors (Lipinski definition) is 2. The van der Waals surface area contributed by atoms with Gasteiger partial charge in [-0.25, -0.2) is 14.2 Å². The summed E-state index contributed by atoms with van der Waals surface area (Å²) in [5, 5.41) is 8.77. The Morgan fingerprint density at radius 3 is 2.71 bits per heavy atom. The Labute approximate surface area is 96.3 Å². The molecule has 88 valence electrons. The Bertz CT molecular complexity index is 569. The zero-order valence-electron chi connectivity index (χ0n) is 9.01. The molecule has 0 saturated heterocycles. The van der Waals surface area contributed by atoms with Crippen LogP contribution in [0.5, 0.6) is 0 Å². The van der Waals surface area contributed by atoms with Crippen molar-refractivity contribution in [3.63, 3.8) is 0 Å². The van der Waals surface area contributed by atoms with E-state index in [1.54, 1.807) is 13.1 Å². The fourth-order valence-corrected chi connectivity index (χ4v) is 1.61. The first-order valence-corrected chi connectivity index (χ1v) is 4.83. The summed E-state index contributed by atoms with van der Waals surface area (Å²) in [7, 11) is 0. The molecule has 1 aromatic carbocycles. The number of nitrogen functional groups attached to an aromatic ring is 1. The largest absolute Gasteiger partial charge is 0.478 e. The van der Waals surface area contributed by atoms with Crippen LogP contribution < -0.4 is 5.73 Å². The minimum Gasteiger partial charge on any atom is -0.478 e. The number of benzene rings is 1. The van der Waals surface area contributed by atoms with Gasteiger partial charge in [0.15, 0.2) is 0 Å². The lowest BCUT2D eigenvalue weighted by Crippen LogP contribution is -2.07. The molecule has 0 radical (unpaired) electrons. The van der Waals surface area contributed by atoms with Crippen molar-refractivity contribution >= 4 is 11.7 Å². The maximum absolute atomic E-state index is 13.8. The molecule has 0 saturated carbocycles. The van der Waals surface area contributed by atoms with Crippen LogP contribution in [0.4, 0.5) is 10.1 Å². The minimum atomic E-state index is -1.22. The normalized spacial score (nSPS) is 10.5. The second-order valence-electron chi connectivity index (χ2n) is 3.55. The monoisotopic (exact) mass is 235 g/mol. The number of nitrogens with zero attached hydrogens (tertiary/aromatic N) is 2. The maximum Gasteiger partial charge on any atom is 0.335 e. The van der Waals surface area contributed by atoms with Gasteiger partial charge in [-0.15, -0.1) is 0 Å². The molecule has 0 unspecified atom stereocenters. The predicted octanol–water partition coefficient (Wildman–Crippen LogP) is 1.60. The van der Waals surface area contributed by atoms with Crippen molar-refractivity contribution < 1.29 is 14.3 Å². The molecule has 6 heteroatoms. The number of halogens is 1. The first kappa shape index (κ1) is 11.1. The first-order chi connectivity index (χ1) is 8.00. The Hall–Kier alpha value is -2.37. The number of aromatic nitrogens is 2. The maximum atomic E-state index is 13.8. The number of carboxylic acid groups (broad SMARTS) is 1. The Balaban J connectivity index is 2.65. The molecular formula is C11H10FN3O2. The van der Waals surface area contributed by atoms with Gasteiger partial charge in [0.1, 0.15) is 17.3 Å². The first-order valence-electron chi connectivity index (χ1n) is 4.83. The van der Waals surface area contributed by atoms with E-state index in [4.69, 9.17) is 10.8 Å². The summed E-state index contributed by atoms with van der Waals surface area (Å²) < 4.78 is 15.3. The van der Waals surface area contributed by atoms with Crippen LogP contribution in [0.3, 0.4) is 0 Å². The molecule has 0 spiro atoms. The third kappa shape index (κ3) is 1.84. The molecule has 1 aromatic heterocycles. The van der Waals surface area contributed by atoms with Gasteiger partial charge in [-0.3, -0.25) is 4.57 Å². The zero-order chi connectivity index (χ0) is 12.6. The van der Waals surface area contributed by atoms with Crippen LogP contribution >= 0.6 is 0 Å². The van der Waals surface area contributed by atoms with Crippen LogP contribution in [-0.4, -0.2) is 20.6 Å². The lowest BCUT2D eigenvalue weighted by Gasteiger charge is -2.10. The molecule has 0 atom stereocenters. The highest BCUT2D eigenvalue weighted by molar-refractivity contribution is 5.89. The minimum absolute atomic E-state index is 0.0588. The topological polar surface area (TPSA) is 81.1 Å². The van der Waals surface area contributed by atoms with Gasteiger partial charge in [-0.2, -0.15) is 0 Å². The van der Waals surface area contributed by atoms with Crippen LogP contribution in [0.15, 0.2) is 24.5 Å². The fourth-order valence-electron chi connectivity index (χ4n) is 1.61. The Morgan fingerprint density at radius 1 is 1.53 bits per heavy atom. The second-order valence-corrected chi connectivity index (χ2v) is 3.55. The third-order valence-electron chi connectivity index (χ3n) is 2.41. The molecule has 0 aliphatic heterocycles. The number of aromatic carboxylic acids is 1. The van der Waals surface area contributed by atoms with Gasteiger partial charge in [0.25, 0.3) is 0 Å². The van der Waals surface area contributed by atoms with Crippen LogP contribution in [0.2, 0.25) is 0 Å². The van der Waals surface area contributed by atoms with Crippen LogP contribution in [0.25, 0.3) is 5.69 Å². The van der Waals surface area contributed by atoms with Gasteiger partial charge in [0, 0.05) is 12.4 Å². The van der Waals surface area contributed by atoms with Gasteiger partial charge in [0.2, 0.25) is 0 Å². The average Bonchev–Trinajstić information content (AvgIpc) is 2.64. The standard InChI is InChI=1S/C11H10FN3O2/c1-6-14-2-3-15(6)10-8(12)4-7(11(16)17)5-9(10)13/h2-5H,13H2,1H3,(H,16,17). The van der Waals surface area contributed by atoms with Gasteiger partial charge >= 0.3 is 5.97 Å². The summed E-state index contributed by atoms with van der Waals surface area (Å²) in [6.07, 6.45) is 3.07. The highest BCUT2D eigenvalue weighted by atomic mass is 19.1. The van der Waals surface area contributed by atoms with E-state index in [1.807, 2.05) is 0 Å². The summed E-state index contributed by atoms with van der Waals surface area (Å²) >= 11 is 0. The van der Waals surface area contributed by atoms with Crippen molar-refractivity contribution in [3.05, 3.63) is 41.7 Å². The lowest BCUT2D eigenvalue weighted by atomic mass is 10.1. The molecule has 0 aliphatic rings. The highest BCUT2D eigenvalue weighted by Crippen LogP contribution is 2.24. The number of carbonyl (C=O) groups is 1. The summed E-state index contributed by atoms with van der Waals surface area (Å²) in [4.78, 5) is 14.7. The van der Waals surface area contributed by atoms with E-state index in [0.717, 1.165) is 6.07 Å². The average molecular weight is 235 g/mol. The molecule has 0 fully saturated rings.